The number of nitrogens with zero attached hydrogens (tertiary/aromatic N) is 2. The highest BCUT2D eigenvalue weighted by molar-refractivity contribution is 5.98. The Balaban J connectivity index is 2.11. The first kappa shape index (κ1) is 57.7. The number of aliphatic carboxylic acids is 2. The van der Waals surface area contributed by atoms with Gasteiger partial charge in [0.05, 0.1) is 25.6 Å². The molecular formula is C43H71N11O14. The van der Waals surface area contributed by atoms with Gasteiger partial charge in [-0.15, -0.1) is 0 Å². The molecule has 0 spiro atoms. The first-order chi connectivity index (χ1) is 31.8. The molecule has 382 valence electrons. The molecule has 68 heavy (non-hydrogen) atoms. The van der Waals surface area contributed by atoms with Crippen molar-refractivity contribution in [2.75, 3.05) is 26.2 Å². The number of likely N-dealkylation sites (tertiary alicyclic amines) is 2. The van der Waals surface area contributed by atoms with Crippen molar-refractivity contribution in [2.24, 2.45) is 29.2 Å². The molecule has 2 saturated heterocycles. The van der Waals surface area contributed by atoms with E-state index in [1.165, 1.54) is 16.7 Å². The number of carbonyl (C=O) groups is 12. The van der Waals surface area contributed by atoms with Crippen LogP contribution in [-0.4, -0.2) is 166 Å². The Hall–Kier alpha value is -6.40. The molecule has 2 heterocycles. The van der Waals surface area contributed by atoms with Gasteiger partial charge in [-0.3, -0.25) is 57.5 Å². The molecule has 0 bridgehead atoms. The smallest absolute Gasteiger partial charge is 0.325 e. The quantitative estimate of drug-likeness (QED) is 0.0381. The van der Waals surface area contributed by atoms with Crippen LogP contribution in [0.2, 0.25) is 0 Å². The van der Waals surface area contributed by atoms with E-state index in [0.29, 0.717) is 25.7 Å². The number of amides is 10. The summed E-state index contributed by atoms with van der Waals surface area (Å²) in [6.45, 7) is 10.6. The van der Waals surface area contributed by atoms with Crippen molar-refractivity contribution in [2.45, 2.75) is 155 Å². The first-order valence-corrected chi connectivity index (χ1v) is 22.9. The van der Waals surface area contributed by atoms with Crippen molar-refractivity contribution in [1.82, 2.24) is 47.0 Å². The predicted molar refractivity (Wildman–Crippen MR) is 241 cm³/mol. The van der Waals surface area contributed by atoms with Gasteiger partial charge < -0.3 is 68.7 Å². The third-order valence-corrected chi connectivity index (χ3v) is 11.7. The highest BCUT2D eigenvalue weighted by Crippen LogP contribution is 2.25. The molecule has 0 saturated carbocycles. The Morgan fingerprint density at radius 3 is 1.79 bits per heavy atom. The number of carboxylic acid groups (broad SMARTS) is 2. The largest absolute Gasteiger partial charge is 0.481 e. The maximum atomic E-state index is 13.8. The zero-order valence-electron chi connectivity index (χ0n) is 39.9. The number of primary amides is 1. The van der Waals surface area contributed by atoms with Crippen LogP contribution in [-0.2, 0) is 57.5 Å². The monoisotopic (exact) mass is 966 g/mol. The molecule has 0 radical (unpaired) electrons. The minimum atomic E-state index is -1.74. The lowest BCUT2D eigenvalue weighted by Gasteiger charge is -2.31. The molecule has 9 atom stereocenters. The molecule has 0 aromatic heterocycles. The van der Waals surface area contributed by atoms with Crippen molar-refractivity contribution in [3.63, 3.8) is 0 Å². The minimum absolute atomic E-state index is 0.0206. The van der Waals surface area contributed by atoms with Crippen LogP contribution >= 0.6 is 0 Å². The van der Waals surface area contributed by atoms with E-state index in [-0.39, 0.29) is 44.7 Å². The second-order valence-electron chi connectivity index (χ2n) is 18.1. The molecule has 0 unspecified atom stereocenters. The predicted octanol–water partition coefficient (Wildman–Crippen LogP) is -3.46. The number of rotatable bonds is 27. The summed E-state index contributed by atoms with van der Waals surface area (Å²) in [7, 11) is 0. The Morgan fingerprint density at radius 1 is 0.662 bits per heavy atom. The average molecular weight is 966 g/mol. The Morgan fingerprint density at radius 2 is 1.24 bits per heavy atom. The van der Waals surface area contributed by atoms with Gasteiger partial charge in [-0.2, -0.15) is 0 Å². The SMILES string of the molecule is CC[C@H](C)[C@H](NC(=O)[C@H](CC(=O)O)NC(=O)CNC(=O)[C@@H]1CCCN1C(=O)[C@@H]1CCCN1C(=O)CNC(=O)[C@@H](N)CCC(N)=O)C(=O)N[C@H](C(=O)N[C@@H](CC(C)C)C(=O)N[C@@H](C)C(=O)O)C(C)C. The van der Waals surface area contributed by atoms with Crippen LogP contribution in [0.5, 0.6) is 0 Å². The van der Waals surface area contributed by atoms with Crippen LogP contribution in [0.4, 0.5) is 0 Å². The zero-order valence-corrected chi connectivity index (χ0v) is 39.9. The normalized spacial score (nSPS) is 18.7. The zero-order chi connectivity index (χ0) is 51.6. The molecule has 25 nitrogen and oxygen atoms in total. The summed E-state index contributed by atoms with van der Waals surface area (Å²) >= 11 is 0. The lowest BCUT2D eigenvalue weighted by molar-refractivity contribution is -0.146. The first-order valence-electron chi connectivity index (χ1n) is 22.9. The van der Waals surface area contributed by atoms with Crippen molar-refractivity contribution >= 4 is 71.0 Å². The van der Waals surface area contributed by atoms with E-state index >= 15 is 0 Å². The maximum absolute atomic E-state index is 13.8. The molecule has 25 heteroatoms. The second-order valence-corrected chi connectivity index (χ2v) is 18.1. The van der Waals surface area contributed by atoms with Crippen molar-refractivity contribution in [1.29, 1.82) is 0 Å². The molecule has 13 N–H and O–H groups in total. The lowest BCUT2D eigenvalue weighted by atomic mass is 9.95. The Labute approximate surface area is 395 Å². The summed E-state index contributed by atoms with van der Waals surface area (Å²) in [4.78, 5) is 157. The summed E-state index contributed by atoms with van der Waals surface area (Å²) in [6.07, 6.45) is 0.804. The molecular weight excluding hydrogens is 895 g/mol. The fourth-order valence-electron chi connectivity index (χ4n) is 7.63. The molecule has 2 aliphatic rings. The number of hydrogen-bond donors (Lipinski definition) is 11. The number of nitrogens with one attached hydrogen (secondary N) is 7. The van der Waals surface area contributed by atoms with Crippen molar-refractivity contribution < 1.29 is 67.7 Å². The van der Waals surface area contributed by atoms with Gasteiger partial charge in [0.2, 0.25) is 59.1 Å². The van der Waals surface area contributed by atoms with E-state index in [1.807, 2.05) is 0 Å². The molecule has 0 aliphatic carbocycles. The highest BCUT2D eigenvalue weighted by atomic mass is 16.4. The number of hydrogen-bond acceptors (Lipinski definition) is 13. The third-order valence-electron chi connectivity index (χ3n) is 11.7. The van der Waals surface area contributed by atoms with Crippen LogP contribution < -0.4 is 48.7 Å². The molecule has 10 amide bonds. The molecule has 0 aromatic carbocycles. The van der Waals surface area contributed by atoms with E-state index in [4.69, 9.17) is 11.5 Å². The van der Waals surface area contributed by atoms with Crippen LogP contribution in [0.1, 0.15) is 106 Å². The van der Waals surface area contributed by atoms with Crippen LogP contribution in [0.15, 0.2) is 0 Å². The topological polar surface area (TPSA) is 388 Å². The number of carbonyl (C=O) groups excluding carboxylic acids is 10. The van der Waals surface area contributed by atoms with E-state index in [0.717, 1.165) is 0 Å². The summed E-state index contributed by atoms with van der Waals surface area (Å²) < 4.78 is 0. The third kappa shape index (κ3) is 18.0. The summed E-state index contributed by atoms with van der Waals surface area (Å²) in [6, 6.07) is -9.78. The fraction of sp³-hybridized carbons (Fsp3) is 0.721. The van der Waals surface area contributed by atoms with Gasteiger partial charge in [0.25, 0.3) is 0 Å². The van der Waals surface area contributed by atoms with E-state index in [1.54, 1.807) is 41.5 Å². The molecule has 2 aliphatic heterocycles. The minimum Gasteiger partial charge on any atom is -0.481 e. The van der Waals surface area contributed by atoms with Crippen LogP contribution in [0.25, 0.3) is 0 Å². The second kappa shape index (κ2) is 27.4. The van der Waals surface area contributed by atoms with Gasteiger partial charge >= 0.3 is 11.9 Å². The van der Waals surface area contributed by atoms with E-state index in [9.17, 15) is 67.7 Å². The summed E-state index contributed by atoms with van der Waals surface area (Å²) in [5, 5.41) is 36.0. The Kier molecular flexibility index (Phi) is 23.3. The molecule has 2 fully saturated rings. The summed E-state index contributed by atoms with van der Waals surface area (Å²) in [5.41, 5.74) is 10.9. The van der Waals surface area contributed by atoms with Crippen LogP contribution in [0.3, 0.4) is 0 Å². The maximum Gasteiger partial charge on any atom is 0.325 e. The van der Waals surface area contributed by atoms with E-state index < -0.39 is 151 Å². The molecule has 2 rings (SSSR count). The van der Waals surface area contributed by atoms with Gasteiger partial charge in [-0.05, 0) is 63.2 Å². The van der Waals surface area contributed by atoms with Gasteiger partial charge in [0, 0.05) is 19.5 Å². The lowest BCUT2D eigenvalue weighted by Crippen LogP contribution is -2.61. The van der Waals surface area contributed by atoms with Crippen molar-refractivity contribution in [3.05, 3.63) is 0 Å². The number of nitrogens with two attached hydrogens (primary N) is 2. The van der Waals surface area contributed by atoms with E-state index in [2.05, 4.69) is 37.2 Å². The molecule has 0 aromatic rings. The van der Waals surface area contributed by atoms with Gasteiger partial charge in [0.1, 0.15) is 42.3 Å². The van der Waals surface area contributed by atoms with Crippen molar-refractivity contribution in [3.8, 4) is 0 Å². The fourth-order valence-corrected chi connectivity index (χ4v) is 7.63. The standard InChI is InChI=1S/C43H71N11O14/c1-8-23(6)35(41(65)51-34(22(4)5)40(64)50-26(17-21(2)3)37(61)48-24(7)43(67)68)52-38(62)27(18-33(58)59)49-31(56)19-46-39(63)28-11-9-16-54(28)42(66)29-12-10-15-53(29)32(57)20-47-36(60)25(44)13-14-30(45)55/h21-29,34-35H,8-20,44H2,1-7H3,(H2,45,55)(H,46,63)(H,47,60)(H,48,61)(H,49,56)(H,50,64)(H,51,65)(H,52,62)(H,58,59)(H,67,68)/t23-,24-,25-,26-,27-,28-,29-,34-,35-/m0/s1. The van der Waals surface area contributed by atoms with Gasteiger partial charge in [-0.25, -0.2) is 0 Å². The van der Waals surface area contributed by atoms with Gasteiger partial charge in [0.15, 0.2) is 0 Å². The van der Waals surface area contributed by atoms with Gasteiger partial charge in [-0.1, -0.05) is 48.0 Å². The summed E-state index contributed by atoms with van der Waals surface area (Å²) in [5.74, 6) is -11.5. The Bertz CT molecular complexity index is 1880. The van der Waals surface area contributed by atoms with Crippen LogP contribution in [0, 0.1) is 17.8 Å². The number of carboxylic acids is 2. The average Bonchev–Trinajstić information content (AvgIpc) is 3.97. The highest BCUT2D eigenvalue weighted by Gasteiger charge is 2.42.